The molecule has 1 aromatic heterocycles. The Morgan fingerprint density at radius 2 is 1.79 bits per heavy atom. The van der Waals surface area contributed by atoms with Gasteiger partial charge in [0.05, 0.1) is 0 Å². The Morgan fingerprint density at radius 1 is 1.11 bits per heavy atom. The molecule has 2 rings (SSSR count). The monoisotopic (exact) mass is 276 g/mol. The van der Waals surface area contributed by atoms with Crippen molar-refractivity contribution in [3.63, 3.8) is 0 Å². The standard InChI is InChI=1S/C14H16N2O2S/c1-11-6-8-13(9-7-11)12(2)16-19(17,18)14-5-3-4-10-15-14/h3-10,12,16H,1-2H3/t12-/m0/s1. The third-order valence-electron chi connectivity index (χ3n) is 2.82. The first kappa shape index (κ1) is 13.7. The summed E-state index contributed by atoms with van der Waals surface area (Å²) in [5.41, 5.74) is 2.06. The number of rotatable bonds is 4. The largest absolute Gasteiger partial charge is 0.258 e. The van der Waals surface area contributed by atoms with Crippen molar-refractivity contribution in [1.82, 2.24) is 9.71 Å². The fourth-order valence-corrected chi connectivity index (χ4v) is 2.90. The first-order valence-electron chi connectivity index (χ1n) is 5.99. The van der Waals surface area contributed by atoms with Crippen LogP contribution >= 0.6 is 0 Å². The highest BCUT2D eigenvalue weighted by atomic mass is 32.2. The van der Waals surface area contributed by atoms with Crippen molar-refractivity contribution in [2.24, 2.45) is 0 Å². The van der Waals surface area contributed by atoms with Gasteiger partial charge in [0.2, 0.25) is 0 Å². The molecule has 0 amide bonds. The maximum absolute atomic E-state index is 12.1. The zero-order chi connectivity index (χ0) is 13.9. The summed E-state index contributed by atoms with van der Waals surface area (Å²) in [6, 6.07) is 12.3. The zero-order valence-corrected chi connectivity index (χ0v) is 11.7. The molecule has 0 saturated carbocycles. The molecule has 0 aliphatic carbocycles. The van der Waals surface area contributed by atoms with E-state index in [2.05, 4.69) is 9.71 Å². The van der Waals surface area contributed by atoms with Gasteiger partial charge in [-0.25, -0.2) is 18.1 Å². The minimum atomic E-state index is -3.58. The van der Waals surface area contributed by atoms with Crippen molar-refractivity contribution in [3.8, 4) is 0 Å². The molecule has 1 N–H and O–H groups in total. The van der Waals surface area contributed by atoms with Crippen LogP contribution in [-0.4, -0.2) is 13.4 Å². The van der Waals surface area contributed by atoms with Gasteiger partial charge in [-0.2, -0.15) is 0 Å². The number of pyridine rings is 1. The summed E-state index contributed by atoms with van der Waals surface area (Å²) in [6.45, 7) is 3.80. The number of hydrogen-bond donors (Lipinski definition) is 1. The fourth-order valence-electron chi connectivity index (χ4n) is 1.72. The van der Waals surface area contributed by atoms with Crippen LogP contribution in [0.3, 0.4) is 0 Å². The highest BCUT2D eigenvalue weighted by Gasteiger charge is 2.18. The maximum atomic E-state index is 12.1. The molecule has 0 radical (unpaired) electrons. The average molecular weight is 276 g/mol. The SMILES string of the molecule is Cc1ccc([C@H](C)NS(=O)(=O)c2ccccn2)cc1. The van der Waals surface area contributed by atoms with Crippen molar-refractivity contribution >= 4 is 10.0 Å². The van der Waals surface area contributed by atoms with Crippen LogP contribution in [0.2, 0.25) is 0 Å². The van der Waals surface area contributed by atoms with Gasteiger partial charge in [-0.1, -0.05) is 35.9 Å². The van der Waals surface area contributed by atoms with Crippen molar-refractivity contribution in [3.05, 3.63) is 59.8 Å². The molecule has 2 aromatic rings. The summed E-state index contributed by atoms with van der Waals surface area (Å²) in [5.74, 6) is 0. The highest BCUT2D eigenvalue weighted by molar-refractivity contribution is 7.89. The Hall–Kier alpha value is -1.72. The van der Waals surface area contributed by atoms with E-state index in [1.165, 1.54) is 12.3 Å². The second-order valence-corrected chi connectivity index (χ2v) is 6.08. The van der Waals surface area contributed by atoms with Gasteiger partial charge < -0.3 is 0 Å². The van der Waals surface area contributed by atoms with E-state index in [1.807, 2.05) is 38.1 Å². The summed E-state index contributed by atoms with van der Waals surface area (Å²) in [4.78, 5) is 3.86. The molecule has 0 fully saturated rings. The normalized spacial score (nSPS) is 13.2. The number of nitrogens with one attached hydrogen (secondary N) is 1. The van der Waals surface area contributed by atoms with Crippen LogP contribution < -0.4 is 4.72 Å². The molecular formula is C14H16N2O2S. The summed E-state index contributed by atoms with van der Waals surface area (Å²) < 4.78 is 26.8. The minimum absolute atomic E-state index is 0.0361. The van der Waals surface area contributed by atoms with Gasteiger partial charge in [0.25, 0.3) is 10.0 Å². The number of benzene rings is 1. The molecule has 0 saturated heterocycles. The quantitative estimate of drug-likeness (QED) is 0.933. The van der Waals surface area contributed by atoms with E-state index in [0.717, 1.165) is 11.1 Å². The van der Waals surface area contributed by atoms with Gasteiger partial charge >= 0.3 is 0 Å². The lowest BCUT2D eigenvalue weighted by Crippen LogP contribution is -2.27. The van der Waals surface area contributed by atoms with Gasteiger partial charge in [0.15, 0.2) is 5.03 Å². The van der Waals surface area contributed by atoms with E-state index in [-0.39, 0.29) is 11.1 Å². The van der Waals surface area contributed by atoms with Crippen LogP contribution in [0.15, 0.2) is 53.7 Å². The molecule has 100 valence electrons. The molecule has 0 aliphatic rings. The average Bonchev–Trinajstić information content (AvgIpc) is 2.40. The lowest BCUT2D eigenvalue weighted by atomic mass is 10.1. The van der Waals surface area contributed by atoms with Crippen molar-refractivity contribution in [2.75, 3.05) is 0 Å². The van der Waals surface area contributed by atoms with Gasteiger partial charge in [0.1, 0.15) is 0 Å². The predicted molar refractivity (Wildman–Crippen MR) is 74.2 cm³/mol. The van der Waals surface area contributed by atoms with Crippen LogP contribution in [-0.2, 0) is 10.0 Å². The summed E-state index contributed by atoms with van der Waals surface area (Å²) in [6.07, 6.45) is 1.46. The molecule has 0 unspecified atom stereocenters. The molecule has 4 nitrogen and oxygen atoms in total. The number of aromatic nitrogens is 1. The molecule has 5 heteroatoms. The highest BCUT2D eigenvalue weighted by Crippen LogP contribution is 2.16. The number of sulfonamides is 1. The van der Waals surface area contributed by atoms with E-state index in [4.69, 9.17) is 0 Å². The van der Waals surface area contributed by atoms with Crippen molar-refractivity contribution < 1.29 is 8.42 Å². The van der Waals surface area contributed by atoms with E-state index in [1.54, 1.807) is 12.1 Å². The van der Waals surface area contributed by atoms with Crippen LogP contribution in [0.4, 0.5) is 0 Å². The topological polar surface area (TPSA) is 59.1 Å². The molecule has 1 heterocycles. The Morgan fingerprint density at radius 3 is 2.37 bits per heavy atom. The summed E-state index contributed by atoms with van der Waals surface area (Å²) in [5, 5.41) is 0.0361. The van der Waals surface area contributed by atoms with Crippen molar-refractivity contribution in [2.45, 2.75) is 24.9 Å². The molecule has 0 bridgehead atoms. The van der Waals surface area contributed by atoms with Crippen LogP contribution in [0.5, 0.6) is 0 Å². The van der Waals surface area contributed by atoms with E-state index in [9.17, 15) is 8.42 Å². The van der Waals surface area contributed by atoms with E-state index >= 15 is 0 Å². The van der Waals surface area contributed by atoms with Gasteiger partial charge in [-0.05, 0) is 31.5 Å². The Balaban J connectivity index is 2.19. The number of aryl methyl sites for hydroxylation is 1. The number of hydrogen-bond acceptors (Lipinski definition) is 3. The lowest BCUT2D eigenvalue weighted by Gasteiger charge is -2.14. The first-order chi connectivity index (χ1) is 8.99. The third kappa shape index (κ3) is 3.39. The molecule has 1 aromatic carbocycles. The zero-order valence-electron chi connectivity index (χ0n) is 10.9. The van der Waals surface area contributed by atoms with Gasteiger partial charge in [-0.15, -0.1) is 0 Å². The fraction of sp³-hybridized carbons (Fsp3) is 0.214. The van der Waals surface area contributed by atoms with Gasteiger partial charge in [0, 0.05) is 12.2 Å². The summed E-state index contributed by atoms with van der Waals surface area (Å²) in [7, 11) is -3.58. The Labute approximate surface area is 113 Å². The molecule has 0 aliphatic heterocycles. The van der Waals surface area contributed by atoms with Crippen LogP contribution in [0, 0.1) is 6.92 Å². The Bertz CT molecular complexity index is 637. The minimum Gasteiger partial charge on any atom is -0.243 e. The molecule has 0 spiro atoms. The lowest BCUT2D eigenvalue weighted by molar-refractivity contribution is 0.563. The van der Waals surface area contributed by atoms with Crippen molar-refractivity contribution in [1.29, 1.82) is 0 Å². The first-order valence-corrected chi connectivity index (χ1v) is 7.47. The number of nitrogens with zero attached hydrogens (tertiary/aromatic N) is 1. The van der Waals surface area contributed by atoms with E-state index < -0.39 is 10.0 Å². The summed E-state index contributed by atoms with van der Waals surface area (Å²) >= 11 is 0. The second kappa shape index (κ2) is 5.50. The van der Waals surface area contributed by atoms with Crippen LogP contribution in [0.25, 0.3) is 0 Å². The second-order valence-electron chi connectivity index (χ2n) is 4.42. The Kier molecular flexibility index (Phi) is 3.97. The smallest absolute Gasteiger partial charge is 0.243 e. The molecule has 1 atom stereocenters. The predicted octanol–water partition coefficient (Wildman–Crippen LogP) is 2.43. The molecular weight excluding hydrogens is 260 g/mol. The van der Waals surface area contributed by atoms with E-state index in [0.29, 0.717) is 0 Å². The molecule has 19 heavy (non-hydrogen) atoms. The van der Waals surface area contributed by atoms with Gasteiger partial charge in [-0.3, -0.25) is 0 Å². The van der Waals surface area contributed by atoms with Crippen LogP contribution in [0.1, 0.15) is 24.1 Å². The maximum Gasteiger partial charge on any atom is 0.258 e. The third-order valence-corrected chi connectivity index (χ3v) is 4.28.